The van der Waals surface area contributed by atoms with Gasteiger partial charge in [-0.15, -0.1) is 0 Å². The molecule has 0 aliphatic carbocycles. The van der Waals surface area contributed by atoms with Crippen molar-refractivity contribution < 1.29 is 21.6 Å². The Morgan fingerprint density at radius 2 is 2.00 bits per heavy atom. The van der Waals surface area contributed by atoms with Gasteiger partial charge in [0, 0.05) is 25.7 Å². The number of anilines is 1. The van der Waals surface area contributed by atoms with Gasteiger partial charge in [0.15, 0.2) is 0 Å². The maximum absolute atomic E-state index is 12.1. The monoisotopic (exact) mass is 325 g/mol. The van der Waals surface area contributed by atoms with Gasteiger partial charge in [-0.1, -0.05) is 0 Å². The van der Waals surface area contributed by atoms with E-state index in [-0.39, 0.29) is 30.1 Å². The van der Waals surface area contributed by atoms with Gasteiger partial charge in [-0.25, -0.2) is 18.1 Å². The summed E-state index contributed by atoms with van der Waals surface area (Å²) in [5.41, 5.74) is 0. The number of alkyl halides is 3. The van der Waals surface area contributed by atoms with Crippen LogP contribution in [0.2, 0.25) is 0 Å². The molecule has 0 saturated carbocycles. The number of halogens is 3. The number of hydrogen-bond donors (Lipinski definition) is 2. The van der Waals surface area contributed by atoms with Gasteiger partial charge in [0.25, 0.3) is 0 Å². The standard InChI is InChI=1S/C12H18F3N3O2S/c1-2-16-11-10(6-5-8-17-11)21(19,20)18-9-4-3-7-12(13,14)15/h5-6,8,18H,2-4,7,9H2,1H3,(H,16,17). The highest BCUT2D eigenvalue weighted by Crippen LogP contribution is 2.22. The molecule has 0 aromatic carbocycles. The van der Waals surface area contributed by atoms with Crippen LogP contribution < -0.4 is 10.0 Å². The van der Waals surface area contributed by atoms with Crippen LogP contribution in [0.4, 0.5) is 19.0 Å². The summed E-state index contributed by atoms with van der Waals surface area (Å²) in [6, 6.07) is 2.88. The highest BCUT2D eigenvalue weighted by Gasteiger charge is 2.26. The second kappa shape index (κ2) is 7.60. The van der Waals surface area contributed by atoms with E-state index in [9.17, 15) is 21.6 Å². The fraction of sp³-hybridized carbons (Fsp3) is 0.583. The Balaban J connectivity index is 2.58. The third kappa shape index (κ3) is 6.30. The normalized spacial score (nSPS) is 12.4. The minimum absolute atomic E-state index is 0.0114. The predicted molar refractivity (Wildman–Crippen MR) is 73.5 cm³/mol. The molecule has 120 valence electrons. The van der Waals surface area contributed by atoms with Crippen molar-refractivity contribution in [3.05, 3.63) is 18.3 Å². The summed E-state index contributed by atoms with van der Waals surface area (Å²) < 4.78 is 62.3. The van der Waals surface area contributed by atoms with E-state index in [4.69, 9.17) is 0 Å². The van der Waals surface area contributed by atoms with Crippen LogP contribution in [-0.2, 0) is 10.0 Å². The van der Waals surface area contributed by atoms with Crippen LogP contribution in [0.5, 0.6) is 0 Å². The van der Waals surface area contributed by atoms with Gasteiger partial charge in [-0.3, -0.25) is 0 Å². The van der Waals surface area contributed by atoms with Crippen LogP contribution in [0.3, 0.4) is 0 Å². The van der Waals surface area contributed by atoms with Crippen LogP contribution in [0.1, 0.15) is 26.2 Å². The van der Waals surface area contributed by atoms with Gasteiger partial charge in [0.2, 0.25) is 10.0 Å². The lowest BCUT2D eigenvalue weighted by Gasteiger charge is -2.11. The number of nitrogens with zero attached hydrogens (tertiary/aromatic N) is 1. The molecule has 9 heteroatoms. The minimum Gasteiger partial charge on any atom is -0.369 e. The summed E-state index contributed by atoms with van der Waals surface area (Å²) in [4.78, 5) is 3.92. The molecule has 5 nitrogen and oxygen atoms in total. The topological polar surface area (TPSA) is 71.1 Å². The number of rotatable bonds is 8. The summed E-state index contributed by atoms with van der Waals surface area (Å²) >= 11 is 0. The molecule has 0 amide bonds. The van der Waals surface area contributed by atoms with Crippen LogP contribution in [0, 0.1) is 0 Å². The minimum atomic E-state index is -4.21. The van der Waals surface area contributed by atoms with Crippen LogP contribution in [-0.4, -0.2) is 32.7 Å². The highest BCUT2D eigenvalue weighted by molar-refractivity contribution is 7.89. The van der Waals surface area contributed by atoms with E-state index in [0.717, 1.165) is 0 Å². The Morgan fingerprint density at radius 3 is 2.62 bits per heavy atom. The third-order valence-corrected chi connectivity index (χ3v) is 4.08. The highest BCUT2D eigenvalue weighted by atomic mass is 32.2. The lowest BCUT2D eigenvalue weighted by molar-refractivity contribution is -0.135. The first-order chi connectivity index (χ1) is 9.76. The van der Waals surface area contributed by atoms with E-state index in [1.54, 1.807) is 6.92 Å². The number of pyridine rings is 1. The summed E-state index contributed by atoms with van der Waals surface area (Å²) in [7, 11) is -3.79. The van der Waals surface area contributed by atoms with Gasteiger partial charge in [-0.05, 0) is 31.9 Å². The fourth-order valence-electron chi connectivity index (χ4n) is 1.64. The first-order valence-electron chi connectivity index (χ1n) is 6.51. The molecule has 0 fully saturated rings. The summed E-state index contributed by atoms with van der Waals surface area (Å²) in [6.07, 6.45) is -3.65. The maximum atomic E-state index is 12.1. The van der Waals surface area contributed by atoms with Crippen molar-refractivity contribution in [1.29, 1.82) is 0 Å². The van der Waals surface area contributed by atoms with Crippen molar-refractivity contribution in [2.75, 3.05) is 18.4 Å². The predicted octanol–water partition coefficient (Wildman–Crippen LogP) is 2.52. The van der Waals surface area contributed by atoms with Crippen molar-refractivity contribution in [3.63, 3.8) is 0 Å². The lowest BCUT2D eigenvalue weighted by Crippen LogP contribution is -2.26. The number of unbranched alkanes of at least 4 members (excludes halogenated alkanes) is 1. The summed E-state index contributed by atoms with van der Waals surface area (Å²) in [5, 5.41) is 2.82. The van der Waals surface area contributed by atoms with Crippen LogP contribution in [0.15, 0.2) is 23.2 Å². The molecular formula is C12H18F3N3O2S. The molecule has 0 aliphatic heterocycles. The van der Waals surface area contributed by atoms with Crippen LogP contribution >= 0.6 is 0 Å². The smallest absolute Gasteiger partial charge is 0.369 e. The lowest BCUT2D eigenvalue weighted by atomic mass is 10.2. The number of nitrogens with one attached hydrogen (secondary N) is 2. The Labute approximate surface area is 122 Å². The molecule has 1 rings (SSSR count). The largest absolute Gasteiger partial charge is 0.389 e. The molecule has 2 N–H and O–H groups in total. The summed E-state index contributed by atoms with van der Waals surface area (Å²) in [6.45, 7) is 2.26. The Kier molecular flexibility index (Phi) is 6.41. The van der Waals surface area contributed by atoms with Crippen molar-refractivity contribution in [2.24, 2.45) is 0 Å². The van der Waals surface area contributed by atoms with E-state index in [1.807, 2.05) is 0 Å². The van der Waals surface area contributed by atoms with E-state index in [2.05, 4.69) is 15.0 Å². The second-order valence-corrected chi connectivity index (χ2v) is 6.09. The van der Waals surface area contributed by atoms with Crippen molar-refractivity contribution in [2.45, 2.75) is 37.3 Å². The third-order valence-electron chi connectivity index (χ3n) is 2.58. The number of aromatic nitrogens is 1. The Hall–Kier alpha value is -1.35. The van der Waals surface area contributed by atoms with Crippen molar-refractivity contribution >= 4 is 15.8 Å². The maximum Gasteiger partial charge on any atom is 0.389 e. The quantitative estimate of drug-likeness (QED) is 0.721. The molecule has 0 atom stereocenters. The van der Waals surface area contributed by atoms with Crippen molar-refractivity contribution in [3.8, 4) is 0 Å². The molecule has 0 aliphatic rings. The molecular weight excluding hydrogens is 307 g/mol. The molecule has 0 bridgehead atoms. The number of hydrogen-bond acceptors (Lipinski definition) is 4. The molecule has 0 radical (unpaired) electrons. The first kappa shape index (κ1) is 17.7. The van der Waals surface area contributed by atoms with Crippen LogP contribution in [0.25, 0.3) is 0 Å². The molecule has 0 unspecified atom stereocenters. The van der Waals surface area contributed by atoms with Gasteiger partial charge in [0.1, 0.15) is 10.7 Å². The van der Waals surface area contributed by atoms with E-state index >= 15 is 0 Å². The SMILES string of the molecule is CCNc1ncccc1S(=O)(=O)NCCCCC(F)(F)F. The van der Waals surface area contributed by atoms with Gasteiger partial charge in [0.05, 0.1) is 0 Å². The average Bonchev–Trinajstić information content (AvgIpc) is 2.37. The van der Waals surface area contributed by atoms with Gasteiger partial charge >= 0.3 is 6.18 Å². The second-order valence-electron chi connectivity index (χ2n) is 4.35. The van der Waals surface area contributed by atoms with E-state index in [0.29, 0.717) is 6.54 Å². The fourth-order valence-corrected chi connectivity index (χ4v) is 2.85. The zero-order chi connectivity index (χ0) is 15.9. The van der Waals surface area contributed by atoms with E-state index in [1.165, 1.54) is 18.3 Å². The number of sulfonamides is 1. The first-order valence-corrected chi connectivity index (χ1v) is 8.00. The molecule has 1 aromatic rings. The van der Waals surface area contributed by atoms with E-state index < -0.39 is 22.6 Å². The molecule has 0 spiro atoms. The summed E-state index contributed by atoms with van der Waals surface area (Å²) in [5.74, 6) is 0.225. The molecule has 1 heterocycles. The molecule has 21 heavy (non-hydrogen) atoms. The zero-order valence-corrected chi connectivity index (χ0v) is 12.4. The Morgan fingerprint density at radius 1 is 1.29 bits per heavy atom. The Bertz CT molecular complexity index is 547. The van der Waals surface area contributed by atoms with Gasteiger partial charge < -0.3 is 5.32 Å². The average molecular weight is 325 g/mol. The molecule has 0 saturated heterocycles. The van der Waals surface area contributed by atoms with Crippen molar-refractivity contribution in [1.82, 2.24) is 9.71 Å². The van der Waals surface area contributed by atoms with Gasteiger partial charge in [-0.2, -0.15) is 13.2 Å². The zero-order valence-electron chi connectivity index (χ0n) is 11.6. The molecule has 1 aromatic heterocycles.